The summed E-state index contributed by atoms with van der Waals surface area (Å²) in [6.45, 7) is 1.97. The first-order valence-electron chi connectivity index (χ1n) is 6.03. The molecule has 0 atom stereocenters. The van der Waals surface area contributed by atoms with Crippen LogP contribution in [0.4, 0.5) is 11.5 Å². The first-order valence-corrected chi connectivity index (χ1v) is 8.00. The van der Waals surface area contributed by atoms with Gasteiger partial charge in [0.25, 0.3) is 5.91 Å². The van der Waals surface area contributed by atoms with Gasteiger partial charge in [-0.15, -0.1) is 0 Å². The Bertz CT molecular complexity index is 684. The summed E-state index contributed by atoms with van der Waals surface area (Å²) in [5.41, 5.74) is 1.88. The number of hydrogen-bond acceptors (Lipinski definition) is 3. The van der Waals surface area contributed by atoms with Crippen LogP contribution in [-0.2, 0) is 0 Å². The van der Waals surface area contributed by atoms with Crippen LogP contribution in [0.15, 0.2) is 33.2 Å². The molecule has 1 heterocycles. The molecule has 0 spiro atoms. The Morgan fingerprint density at radius 2 is 1.86 bits per heavy atom. The molecule has 0 bridgehead atoms. The van der Waals surface area contributed by atoms with Crippen LogP contribution in [0.5, 0.6) is 0 Å². The summed E-state index contributed by atoms with van der Waals surface area (Å²) in [7, 11) is 1.73. The van der Waals surface area contributed by atoms with Crippen molar-refractivity contribution in [3.05, 3.63) is 49.5 Å². The first kappa shape index (κ1) is 16.3. The molecular weight excluding hydrogens is 421 g/mol. The molecule has 0 saturated heterocycles. The van der Waals surface area contributed by atoms with Crippen molar-refractivity contribution >= 4 is 60.9 Å². The van der Waals surface area contributed by atoms with E-state index < -0.39 is 0 Å². The van der Waals surface area contributed by atoms with E-state index in [9.17, 15) is 4.79 Å². The molecule has 0 aliphatic carbocycles. The van der Waals surface area contributed by atoms with E-state index in [1.807, 2.05) is 19.1 Å². The quantitative estimate of drug-likeness (QED) is 0.727. The number of anilines is 2. The lowest BCUT2D eigenvalue weighted by atomic mass is 10.2. The lowest BCUT2D eigenvalue weighted by molar-refractivity contribution is 0.102. The third-order valence-electron chi connectivity index (χ3n) is 2.74. The van der Waals surface area contributed by atoms with Gasteiger partial charge in [-0.25, -0.2) is 4.98 Å². The van der Waals surface area contributed by atoms with Gasteiger partial charge in [0.05, 0.1) is 10.7 Å². The highest BCUT2D eigenvalue weighted by Crippen LogP contribution is 2.33. The Morgan fingerprint density at radius 1 is 1.24 bits per heavy atom. The zero-order valence-corrected chi connectivity index (χ0v) is 15.2. The Kier molecular flexibility index (Phi) is 5.24. The molecule has 0 radical (unpaired) electrons. The summed E-state index contributed by atoms with van der Waals surface area (Å²) in [6.07, 6.45) is 0. The standard InChI is InChI=1S/C14H12Br2ClN3O/c1-7-5-8(15)12(9(16)6-7)20-14(21)13-10(17)3-4-11(18-2)19-13/h3-6H,1-2H3,(H,18,19)(H,20,21). The van der Waals surface area contributed by atoms with Gasteiger partial charge in [-0.05, 0) is 68.6 Å². The molecule has 7 heteroatoms. The summed E-state index contributed by atoms with van der Waals surface area (Å²) < 4.78 is 1.56. The van der Waals surface area contributed by atoms with Gasteiger partial charge in [0.1, 0.15) is 11.5 Å². The molecule has 0 fully saturated rings. The van der Waals surface area contributed by atoms with Gasteiger partial charge >= 0.3 is 0 Å². The van der Waals surface area contributed by atoms with Crippen LogP contribution in [0.2, 0.25) is 5.02 Å². The lowest BCUT2D eigenvalue weighted by Gasteiger charge is -2.11. The van der Waals surface area contributed by atoms with Crippen molar-refractivity contribution in [2.75, 3.05) is 17.7 Å². The van der Waals surface area contributed by atoms with E-state index in [-0.39, 0.29) is 11.6 Å². The van der Waals surface area contributed by atoms with Crippen LogP contribution in [0.1, 0.15) is 16.1 Å². The topological polar surface area (TPSA) is 54.0 Å². The van der Waals surface area contributed by atoms with Gasteiger partial charge in [0.2, 0.25) is 0 Å². The molecule has 21 heavy (non-hydrogen) atoms. The summed E-state index contributed by atoms with van der Waals surface area (Å²) in [4.78, 5) is 16.5. The summed E-state index contributed by atoms with van der Waals surface area (Å²) in [6, 6.07) is 7.17. The number of benzene rings is 1. The van der Waals surface area contributed by atoms with Crippen molar-refractivity contribution in [3.63, 3.8) is 0 Å². The van der Waals surface area contributed by atoms with Gasteiger partial charge in [0, 0.05) is 16.0 Å². The van der Waals surface area contributed by atoms with Crippen LogP contribution in [0.3, 0.4) is 0 Å². The van der Waals surface area contributed by atoms with Crippen molar-refractivity contribution in [1.29, 1.82) is 0 Å². The SMILES string of the molecule is CNc1ccc(Cl)c(C(=O)Nc2c(Br)cc(C)cc2Br)n1. The van der Waals surface area contributed by atoms with Gasteiger partial charge in [-0.2, -0.15) is 0 Å². The second-order valence-corrected chi connectivity index (χ2v) is 6.45. The highest BCUT2D eigenvalue weighted by molar-refractivity contribution is 9.11. The number of aryl methyl sites for hydroxylation is 1. The van der Waals surface area contributed by atoms with E-state index in [0.29, 0.717) is 16.5 Å². The molecule has 110 valence electrons. The number of nitrogens with one attached hydrogen (secondary N) is 2. The number of carbonyl (C=O) groups excluding carboxylic acids is 1. The molecule has 2 aromatic rings. The van der Waals surface area contributed by atoms with Crippen LogP contribution >= 0.6 is 43.5 Å². The molecule has 0 saturated carbocycles. The highest BCUT2D eigenvalue weighted by atomic mass is 79.9. The minimum absolute atomic E-state index is 0.169. The molecule has 1 amide bonds. The molecule has 1 aromatic carbocycles. The molecular formula is C14H12Br2ClN3O. The Labute approximate surface area is 144 Å². The first-order chi connectivity index (χ1) is 9.92. The monoisotopic (exact) mass is 431 g/mol. The average molecular weight is 434 g/mol. The van der Waals surface area contributed by atoms with E-state index in [1.165, 1.54) is 0 Å². The molecule has 2 N–H and O–H groups in total. The zero-order chi connectivity index (χ0) is 15.6. The maximum atomic E-state index is 12.4. The van der Waals surface area contributed by atoms with E-state index in [2.05, 4.69) is 47.5 Å². The Morgan fingerprint density at radius 3 is 2.43 bits per heavy atom. The molecule has 2 rings (SSSR count). The smallest absolute Gasteiger partial charge is 0.275 e. The second-order valence-electron chi connectivity index (χ2n) is 4.33. The number of halogens is 3. The Hall–Kier alpha value is -1.11. The fraction of sp³-hybridized carbons (Fsp3) is 0.143. The van der Waals surface area contributed by atoms with Gasteiger partial charge in [-0.3, -0.25) is 4.79 Å². The maximum Gasteiger partial charge on any atom is 0.275 e. The van der Waals surface area contributed by atoms with Crippen molar-refractivity contribution < 1.29 is 4.79 Å². The Balaban J connectivity index is 2.35. The van der Waals surface area contributed by atoms with Crippen molar-refractivity contribution in [2.45, 2.75) is 6.92 Å². The number of amides is 1. The third kappa shape index (κ3) is 3.75. The van der Waals surface area contributed by atoms with Gasteiger partial charge in [0.15, 0.2) is 0 Å². The number of aromatic nitrogens is 1. The van der Waals surface area contributed by atoms with Crippen LogP contribution < -0.4 is 10.6 Å². The summed E-state index contributed by atoms with van der Waals surface area (Å²) in [5.74, 6) is 0.203. The fourth-order valence-corrected chi connectivity index (χ4v) is 3.54. The minimum Gasteiger partial charge on any atom is -0.373 e. The number of carbonyl (C=O) groups is 1. The average Bonchev–Trinajstić information content (AvgIpc) is 2.43. The third-order valence-corrected chi connectivity index (χ3v) is 4.30. The number of rotatable bonds is 3. The van der Waals surface area contributed by atoms with E-state index >= 15 is 0 Å². The predicted octanol–water partition coefficient (Wildman–Crippen LogP) is 4.86. The fourth-order valence-electron chi connectivity index (χ4n) is 1.73. The van der Waals surface area contributed by atoms with E-state index in [0.717, 1.165) is 14.5 Å². The molecule has 0 aliphatic heterocycles. The van der Waals surface area contributed by atoms with Crippen molar-refractivity contribution in [1.82, 2.24) is 4.98 Å². The molecule has 1 aromatic heterocycles. The van der Waals surface area contributed by atoms with Crippen molar-refractivity contribution in [3.8, 4) is 0 Å². The number of pyridine rings is 1. The van der Waals surface area contributed by atoms with Crippen LogP contribution in [-0.4, -0.2) is 17.9 Å². The highest BCUT2D eigenvalue weighted by Gasteiger charge is 2.16. The zero-order valence-electron chi connectivity index (χ0n) is 11.3. The van der Waals surface area contributed by atoms with E-state index in [4.69, 9.17) is 11.6 Å². The summed E-state index contributed by atoms with van der Waals surface area (Å²) in [5, 5.41) is 5.98. The van der Waals surface area contributed by atoms with Crippen LogP contribution in [0, 0.1) is 6.92 Å². The predicted molar refractivity (Wildman–Crippen MR) is 93.3 cm³/mol. The normalized spacial score (nSPS) is 10.3. The summed E-state index contributed by atoms with van der Waals surface area (Å²) >= 11 is 12.9. The molecule has 0 aliphatic rings. The molecule has 4 nitrogen and oxygen atoms in total. The number of hydrogen-bond donors (Lipinski definition) is 2. The van der Waals surface area contributed by atoms with Crippen molar-refractivity contribution in [2.24, 2.45) is 0 Å². The lowest BCUT2D eigenvalue weighted by Crippen LogP contribution is -2.16. The second kappa shape index (κ2) is 6.77. The minimum atomic E-state index is -0.373. The van der Waals surface area contributed by atoms with Crippen LogP contribution in [0.25, 0.3) is 0 Å². The van der Waals surface area contributed by atoms with Gasteiger partial charge < -0.3 is 10.6 Å². The van der Waals surface area contributed by atoms with Gasteiger partial charge in [-0.1, -0.05) is 11.6 Å². The molecule has 0 unspecified atom stereocenters. The number of nitrogens with zero attached hydrogens (tertiary/aromatic N) is 1. The maximum absolute atomic E-state index is 12.4. The largest absolute Gasteiger partial charge is 0.373 e. The van der Waals surface area contributed by atoms with E-state index in [1.54, 1.807) is 19.2 Å².